The zero-order chi connectivity index (χ0) is 6.85. The molecule has 0 bridgehead atoms. The molecule has 9 heavy (non-hydrogen) atoms. The van der Waals surface area contributed by atoms with E-state index in [9.17, 15) is 9.59 Å². The highest BCUT2D eigenvalue weighted by Crippen LogP contribution is 1.69. The van der Waals surface area contributed by atoms with Gasteiger partial charge in [0, 0.05) is 0 Å². The van der Waals surface area contributed by atoms with Gasteiger partial charge in [-0.1, -0.05) is 0 Å². The van der Waals surface area contributed by atoms with Gasteiger partial charge in [-0.15, -0.1) is 0 Å². The summed E-state index contributed by atoms with van der Waals surface area (Å²) >= 11 is 0. The summed E-state index contributed by atoms with van der Waals surface area (Å²) in [4.78, 5) is 27.6. The van der Waals surface area contributed by atoms with Crippen molar-refractivity contribution in [2.75, 3.05) is 5.73 Å². The zero-order valence-corrected chi connectivity index (χ0v) is 4.34. The largest absolute Gasteiger partial charge is 0.369 e. The molecule has 1 aromatic heterocycles. The molecule has 6 heteroatoms. The van der Waals surface area contributed by atoms with Crippen molar-refractivity contribution in [1.82, 2.24) is 15.0 Å². The SMILES string of the molecule is Nc1nc(=O)[nH][14c](=O)[nH]1. The Morgan fingerprint density at radius 3 is 2.67 bits per heavy atom. The number of hydrogen-bond donors (Lipinski definition) is 3. The Kier molecular flexibility index (Phi) is 1.07. The second-order valence-electron chi connectivity index (χ2n) is 1.38. The normalized spacial score (nSPS) is 9.33. The minimum atomic E-state index is -0.740. The molecule has 4 N–H and O–H groups in total. The lowest BCUT2D eigenvalue weighted by atomic mass is 11.0. The summed E-state index contributed by atoms with van der Waals surface area (Å²) in [6.07, 6.45) is 0. The molecule has 0 unspecified atom stereocenters. The summed E-state index contributed by atoms with van der Waals surface area (Å²) in [7, 11) is 0. The fourth-order valence-corrected chi connectivity index (χ4v) is 0.410. The zero-order valence-electron chi connectivity index (χ0n) is 4.34. The molecule has 0 aliphatic rings. The van der Waals surface area contributed by atoms with E-state index in [4.69, 9.17) is 5.73 Å². The van der Waals surface area contributed by atoms with Crippen LogP contribution in [-0.2, 0) is 0 Å². The first-order chi connectivity index (χ1) is 4.18. The summed E-state index contributed by atoms with van der Waals surface area (Å²) < 4.78 is 0. The number of aromatic amines is 2. The molecular weight excluding hydrogens is 126 g/mol. The molecule has 1 rings (SSSR count). The highest BCUT2D eigenvalue weighted by Gasteiger charge is 1.88. The Hall–Kier alpha value is -1.59. The van der Waals surface area contributed by atoms with E-state index in [-0.39, 0.29) is 5.95 Å². The average Bonchev–Trinajstić information content (AvgIpc) is 1.59. The number of nitrogens with one attached hydrogen (secondary N) is 2. The smallest absolute Gasteiger partial charge is 0.352 e. The van der Waals surface area contributed by atoms with Gasteiger partial charge in [0.25, 0.3) is 0 Å². The fraction of sp³-hybridized carbons (Fsp3) is 0. The van der Waals surface area contributed by atoms with Crippen molar-refractivity contribution in [3.05, 3.63) is 21.0 Å². The van der Waals surface area contributed by atoms with Crippen LogP contribution in [0, 0.1) is 0 Å². The second-order valence-corrected chi connectivity index (χ2v) is 1.38. The molecule has 0 aliphatic carbocycles. The summed E-state index contributed by atoms with van der Waals surface area (Å²) in [6.45, 7) is 0. The van der Waals surface area contributed by atoms with Crippen LogP contribution in [0.2, 0.25) is 0 Å². The van der Waals surface area contributed by atoms with E-state index in [0.717, 1.165) is 0 Å². The number of H-pyrrole nitrogens is 2. The maximum atomic E-state index is 10.3. The number of hydrogen-bond acceptors (Lipinski definition) is 4. The van der Waals surface area contributed by atoms with Crippen LogP contribution >= 0.6 is 0 Å². The first kappa shape index (κ1) is 5.54. The molecule has 0 atom stereocenters. The lowest BCUT2D eigenvalue weighted by Crippen LogP contribution is -2.25. The molecule has 0 fully saturated rings. The summed E-state index contributed by atoms with van der Waals surface area (Å²) in [5.41, 5.74) is 3.59. The van der Waals surface area contributed by atoms with Crippen LogP contribution in [0.4, 0.5) is 5.95 Å². The molecule has 1 heterocycles. The van der Waals surface area contributed by atoms with E-state index in [1.54, 1.807) is 0 Å². The molecule has 6 nitrogen and oxygen atoms in total. The Morgan fingerprint density at radius 2 is 2.22 bits per heavy atom. The Bertz CT molecular complexity index is 282. The van der Waals surface area contributed by atoms with Gasteiger partial charge in [-0.25, -0.2) is 9.59 Å². The Morgan fingerprint density at radius 1 is 1.56 bits per heavy atom. The van der Waals surface area contributed by atoms with Gasteiger partial charge >= 0.3 is 11.4 Å². The molecule has 0 spiro atoms. The van der Waals surface area contributed by atoms with Gasteiger partial charge in [0.2, 0.25) is 5.95 Å². The Labute approximate surface area is 48.8 Å². The highest BCUT2D eigenvalue weighted by molar-refractivity contribution is 5.08. The van der Waals surface area contributed by atoms with Crippen LogP contribution in [0.1, 0.15) is 0 Å². The van der Waals surface area contributed by atoms with Crippen LogP contribution in [0.3, 0.4) is 0 Å². The van der Waals surface area contributed by atoms with E-state index in [1.165, 1.54) is 0 Å². The van der Waals surface area contributed by atoms with E-state index >= 15 is 0 Å². The van der Waals surface area contributed by atoms with Gasteiger partial charge in [-0.3, -0.25) is 9.97 Å². The van der Waals surface area contributed by atoms with E-state index in [0.29, 0.717) is 0 Å². The molecule has 1 aromatic rings. The third kappa shape index (κ3) is 1.15. The number of aromatic nitrogens is 3. The summed E-state index contributed by atoms with van der Waals surface area (Å²) in [5.74, 6) is -0.177. The van der Waals surface area contributed by atoms with Gasteiger partial charge in [0.1, 0.15) is 0 Å². The van der Waals surface area contributed by atoms with Gasteiger partial charge in [0.15, 0.2) is 0 Å². The van der Waals surface area contributed by atoms with Gasteiger partial charge in [-0.2, -0.15) is 4.98 Å². The van der Waals surface area contributed by atoms with Gasteiger partial charge < -0.3 is 5.73 Å². The Balaban J connectivity index is 3.52. The van der Waals surface area contributed by atoms with Crippen molar-refractivity contribution in [2.45, 2.75) is 0 Å². The molecule has 0 amide bonds. The standard InChI is InChI=1S/C3H4N4O2/c4-1-5-2(8)7-3(9)6-1/h(H4,4,5,6,7,8,9)/i2+2. The minimum absolute atomic E-state index is 0.177. The average molecular weight is 130 g/mol. The van der Waals surface area contributed by atoms with Crippen molar-refractivity contribution in [1.29, 1.82) is 0 Å². The predicted molar refractivity (Wildman–Crippen MR) is 29.9 cm³/mol. The lowest BCUT2D eigenvalue weighted by Gasteiger charge is -1.84. The summed E-state index contributed by atoms with van der Waals surface area (Å²) in [6, 6.07) is 0. The maximum absolute atomic E-state index is 10.3. The quantitative estimate of drug-likeness (QED) is 0.379. The van der Waals surface area contributed by atoms with Crippen LogP contribution in [0.25, 0.3) is 0 Å². The number of nitrogens with two attached hydrogens (primary N) is 1. The molecular formula is C3H4N4O2. The van der Waals surface area contributed by atoms with Gasteiger partial charge in [0.05, 0.1) is 0 Å². The van der Waals surface area contributed by atoms with E-state index in [1.807, 2.05) is 4.98 Å². The molecule has 0 saturated carbocycles. The van der Waals surface area contributed by atoms with Crippen molar-refractivity contribution in [3.63, 3.8) is 0 Å². The molecule has 0 aliphatic heterocycles. The monoisotopic (exact) mass is 130 g/mol. The second kappa shape index (κ2) is 1.73. The lowest BCUT2D eigenvalue weighted by molar-refractivity contribution is 0.947. The first-order valence-electron chi connectivity index (χ1n) is 2.14. The van der Waals surface area contributed by atoms with Crippen molar-refractivity contribution in [3.8, 4) is 0 Å². The third-order valence-electron chi connectivity index (χ3n) is 0.684. The maximum Gasteiger partial charge on any atom is 0.352 e. The van der Waals surface area contributed by atoms with Crippen LogP contribution < -0.4 is 17.1 Å². The van der Waals surface area contributed by atoms with Crippen LogP contribution in [-0.4, -0.2) is 15.0 Å². The van der Waals surface area contributed by atoms with Crippen LogP contribution in [0.15, 0.2) is 9.59 Å². The van der Waals surface area contributed by atoms with E-state index in [2.05, 4.69) is 9.97 Å². The number of rotatable bonds is 0. The van der Waals surface area contributed by atoms with Gasteiger partial charge in [-0.05, 0) is 0 Å². The number of nitrogen functional groups attached to an aromatic ring is 1. The van der Waals surface area contributed by atoms with Crippen LogP contribution in [0.5, 0.6) is 0 Å². The third-order valence-corrected chi connectivity index (χ3v) is 0.684. The van der Waals surface area contributed by atoms with Crippen molar-refractivity contribution in [2.24, 2.45) is 0 Å². The number of anilines is 1. The molecule has 48 valence electrons. The predicted octanol–water partition coefficient (Wildman–Crippen LogP) is -1.96. The number of nitrogens with zero attached hydrogens (tertiary/aromatic N) is 1. The van der Waals surface area contributed by atoms with Crippen molar-refractivity contribution < 1.29 is 0 Å². The fourth-order valence-electron chi connectivity index (χ4n) is 0.410. The molecule has 0 radical (unpaired) electrons. The highest BCUT2D eigenvalue weighted by atomic mass is 16.3. The molecule has 0 aromatic carbocycles. The summed E-state index contributed by atoms with van der Waals surface area (Å²) in [5, 5.41) is 0. The first-order valence-corrected chi connectivity index (χ1v) is 2.14. The van der Waals surface area contributed by atoms with Crippen molar-refractivity contribution >= 4 is 5.95 Å². The molecule has 0 saturated heterocycles. The minimum Gasteiger partial charge on any atom is -0.369 e. The topological polar surface area (TPSA) is 105 Å². The van der Waals surface area contributed by atoms with E-state index < -0.39 is 11.4 Å².